The molecule has 4 rings (SSSR count). The number of urea groups is 1. The van der Waals surface area contributed by atoms with Crippen LogP contribution in [0.1, 0.15) is 12.8 Å². The minimum absolute atomic E-state index is 0.140. The molecule has 9 nitrogen and oxygen atoms in total. The van der Waals surface area contributed by atoms with Gasteiger partial charge in [0.1, 0.15) is 11.5 Å². The SMILES string of the molecule is CCc1nc(-c2ccc(N3CCN(C(=O)Nc4cc(OC)cc(OC)c4)CC3)cc2)no1. The van der Waals surface area contributed by atoms with Crippen molar-refractivity contribution < 1.29 is 18.8 Å². The Balaban J connectivity index is 1.34. The van der Waals surface area contributed by atoms with Gasteiger partial charge in [0, 0.05) is 67.7 Å². The third-order valence-corrected chi connectivity index (χ3v) is 5.43. The molecule has 0 unspecified atom stereocenters. The topological polar surface area (TPSA) is 93.0 Å². The zero-order valence-electron chi connectivity index (χ0n) is 18.5. The molecule has 1 saturated heterocycles. The number of carbonyl (C=O) groups is 1. The number of amides is 2. The quantitative estimate of drug-likeness (QED) is 0.629. The fraction of sp³-hybridized carbons (Fsp3) is 0.348. The van der Waals surface area contributed by atoms with E-state index in [1.54, 1.807) is 32.4 Å². The molecule has 1 fully saturated rings. The molecule has 0 saturated carbocycles. The summed E-state index contributed by atoms with van der Waals surface area (Å²) in [5.41, 5.74) is 2.66. The molecule has 2 amide bonds. The average Bonchev–Trinajstić information content (AvgIpc) is 3.33. The van der Waals surface area contributed by atoms with Crippen LogP contribution in [0.5, 0.6) is 11.5 Å². The molecule has 3 aromatic rings. The van der Waals surface area contributed by atoms with Crippen LogP contribution < -0.4 is 19.7 Å². The fourth-order valence-corrected chi connectivity index (χ4v) is 3.59. The lowest BCUT2D eigenvalue weighted by molar-refractivity contribution is 0.208. The summed E-state index contributed by atoms with van der Waals surface area (Å²) in [4.78, 5) is 21.2. The molecule has 2 heterocycles. The number of ether oxygens (including phenoxy) is 2. The zero-order chi connectivity index (χ0) is 22.5. The number of nitrogens with one attached hydrogen (secondary N) is 1. The Labute approximate surface area is 186 Å². The Morgan fingerprint density at radius 1 is 1.03 bits per heavy atom. The van der Waals surface area contributed by atoms with E-state index < -0.39 is 0 Å². The van der Waals surface area contributed by atoms with Gasteiger partial charge in [0.15, 0.2) is 0 Å². The van der Waals surface area contributed by atoms with Gasteiger partial charge in [-0.1, -0.05) is 12.1 Å². The summed E-state index contributed by atoms with van der Waals surface area (Å²) in [7, 11) is 3.16. The van der Waals surface area contributed by atoms with E-state index >= 15 is 0 Å². The number of hydrogen-bond donors (Lipinski definition) is 1. The van der Waals surface area contributed by atoms with Crippen molar-refractivity contribution in [1.29, 1.82) is 0 Å². The standard InChI is InChI=1S/C23H27N5O4/c1-4-21-25-22(26-32-21)16-5-7-18(8-6-16)27-9-11-28(12-10-27)23(29)24-17-13-19(30-2)15-20(14-17)31-3/h5-8,13-15H,4,9-12H2,1-3H3,(H,24,29). The van der Waals surface area contributed by atoms with Crippen LogP contribution in [-0.4, -0.2) is 61.5 Å². The Hall–Kier alpha value is -3.75. The minimum Gasteiger partial charge on any atom is -0.497 e. The van der Waals surface area contributed by atoms with Crippen LogP contribution in [0.2, 0.25) is 0 Å². The second kappa shape index (κ2) is 9.59. The zero-order valence-corrected chi connectivity index (χ0v) is 18.5. The van der Waals surface area contributed by atoms with E-state index in [1.807, 2.05) is 24.0 Å². The molecule has 168 valence electrons. The van der Waals surface area contributed by atoms with E-state index in [-0.39, 0.29) is 6.03 Å². The number of hydrogen-bond acceptors (Lipinski definition) is 7. The van der Waals surface area contributed by atoms with Gasteiger partial charge in [0.25, 0.3) is 0 Å². The molecule has 0 aliphatic carbocycles. The summed E-state index contributed by atoms with van der Waals surface area (Å²) in [6.45, 7) is 4.72. The first kappa shape index (κ1) is 21.5. The average molecular weight is 438 g/mol. The highest BCUT2D eigenvalue weighted by Gasteiger charge is 2.22. The van der Waals surface area contributed by atoms with E-state index in [0.29, 0.717) is 48.4 Å². The maximum absolute atomic E-state index is 12.7. The predicted molar refractivity (Wildman–Crippen MR) is 121 cm³/mol. The van der Waals surface area contributed by atoms with Crippen LogP contribution in [0.3, 0.4) is 0 Å². The molecule has 0 radical (unpaired) electrons. The summed E-state index contributed by atoms with van der Waals surface area (Å²) in [5.74, 6) is 2.48. The molecular weight excluding hydrogens is 410 g/mol. The number of benzene rings is 2. The minimum atomic E-state index is -0.140. The summed E-state index contributed by atoms with van der Waals surface area (Å²) in [6.07, 6.45) is 0.717. The molecule has 1 N–H and O–H groups in total. The smallest absolute Gasteiger partial charge is 0.321 e. The first-order valence-electron chi connectivity index (χ1n) is 10.6. The largest absolute Gasteiger partial charge is 0.497 e. The van der Waals surface area contributed by atoms with Crippen LogP contribution in [0.4, 0.5) is 16.2 Å². The van der Waals surface area contributed by atoms with Gasteiger partial charge >= 0.3 is 6.03 Å². The van der Waals surface area contributed by atoms with Crippen molar-refractivity contribution >= 4 is 17.4 Å². The van der Waals surface area contributed by atoms with Gasteiger partial charge in [0.2, 0.25) is 11.7 Å². The fourth-order valence-electron chi connectivity index (χ4n) is 3.59. The number of anilines is 2. The monoisotopic (exact) mass is 437 g/mol. The molecule has 1 aromatic heterocycles. The Bertz CT molecular complexity index is 1040. The maximum Gasteiger partial charge on any atom is 0.321 e. The van der Waals surface area contributed by atoms with Crippen molar-refractivity contribution in [1.82, 2.24) is 15.0 Å². The molecule has 32 heavy (non-hydrogen) atoms. The third kappa shape index (κ3) is 4.77. The molecule has 0 spiro atoms. The maximum atomic E-state index is 12.7. The lowest BCUT2D eigenvalue weighted by atomic mass is 10.1. The number of aromatic nitrogens is 2. The Morgan fingerprint density at radius 2 is 1.69 bits per heavy atom. The van der Waals surface area contributed by atoms with Crippen LogP contribution >= 0.6 is 0 Å². The van der Waals surface area contributed by atoms with Gasteiger partial charge in [-0.2, -0.15) is 4.98 Å². The van der Waals surface area contributed by atoms with Gasteiger partial charge < -0.3 is 29.1 Å². The predicted octanol–water partition coefficient (Wildman–Crippen LogP) is 3.67. The number of carbonyl (C=O) groups excluding carboxylic acids is 1. The summed E-state index contributed by atoms with van der Waals surface area (Å²) in [6, 6.07) is 13.3. The van der Waals surface area contributed by atoms with Gasteiger partial charge in [-0.3, -0.25) is 0 Å². The Morgan fingerprint density at radius 3 is 2.25 bits per heavy atom. The van der Waals surface area contributed by atoms with Crippen LogP contribution in [0.25, 0.3) is 11.4 Å². The van der Waals surface area contributed by atoms with Crippen molar-refractivity contribution in [3.8, 4) is 22.9 Å². The first-order valence-corrected chi connectivity index (χ1v) is 10.6. The highest BCUT2D eigenvalue weighted by Crippen LogP contribution is 2.26. The third-order valence-electron chi connectivity index (χ3n) is 5.43. The number of aryl methyl sites for hydroxylation is 1. The number of rotatable bonds is 6. The van der Waals surface area contributed by atoms with Gasteiger partial charge in [0.05, 0.1) is 14.2 Å². The molecule has 9 heteroatoms. The highest BCUT2D eigenvalue weighted by molar-refractivity contribution is 5.90. The molecule has 1 aliphatic rings. The van der Waals surface area contributed by atoms with E-state index in [2.05, 4.69) is 32.5 Å². The highest BCUT2D eigenvalue weighted by atomic mass is 16.5. The lowest BCUT2D eigenvalue weighted by Crippen LogP contribution is -2.50. The van der Waals surface area contributed by atoms with E-state index in [0.717, 1.165) is 24.3 Å². The summed E-state index contributed by atoms with van der Waals surface area (Å²) < 4.78 is 15.7. The van der Waals surface area contributed by atoms with Gasteiger partial charge in [-0.25, -0.2) is 4.79 Å². The number of methoxy groups -OCH3 is 2. The van der Waals surface area contributed by atoms with Crippen molar-refractivity contribution in [3.05, 3.63) is 48.4 Å². The lowest BCUT2D eigenvalue weighted by Gasteiger charge is -2.36. The van der Waals surface area contributed by atoms with Crippen molar-refractivity contribution in [2.75, 3.05) is 50.6 Å². The number of piperazine rings is 1. The summed E-state index contributed by atoms with van der Waals surface area (Å²) in [5, 5.41) is 6.95. The number of nitrogens with zero attached hydrogens (tertiary/aromatic N) is 4. The first-order chi connectivity index (χ1) is 15.6. The molecule has 1 aliphatic heterocycles. The molecule has 2 aromatic carbocycles. The molecule has 0 bridgehead atoms. The summed E-state index contributed by atoms with van der Waals surface area (Å²) >= 11 is 0. The van der Waals surface area contributed by atoms with E-state index in [9.17, 15) is 4.79 Å². The van der Waals surface area contributed by atoms with Gasteiger partial charge in [-0.15, -0.1) is 0 Å². The van der Waals surface area contributed by atoms with Crippen LogP contribution in [-0.2, 0) is 6.42 Å². The van der Waals surface area contributed by atoms with Crippen molar-refractivity contribution in [2.45, 2.75) is 13.3 Å². The van der Waals surface area contributed by atoms with Crippen LogP contribution in [0.15, 0.2) is 47.0 Å². The molecule has 0 atom stereocenters. The van der Waals surface area contributed by atoms with Crippen molar-refractivity contribution in [2.24, 2.45) is 0 Å². The molecular formula is C23H27N5O4. The second-order valence-electron chi connectivity index (χ2n) is 7.42. The van der Waals surface area contributed by atoms with E-state index in [4.69, 9.17) is 14.0 Å². The Kier molecular flexibility index (Phi) is 6.44. The van der Waals surface area contributed by atoms with E-state index in [1.165, 1.54) is 0 Å². The van der Waals surface area contributed by atoms with Crippen LogP contribution in [0, 0.1) is 0 Å². The van der Waals surface area contributed by atoms with Crippen molar-refractivity contribution in [3.63, 3.8) is 0 Å². The normalized spacial score (nSPS) is 13.7. The van der Waals surface area contributed by atoms with Gasteiger partial charge in [-0.05, 0) is 24.3 Å². The second-order valence-corrected chi connectivity index (χ2v) is 7.42.